The Balaban J connectivity index is 1.35. The van der Waals surface area contributed by atoms with Crippen LogP contribution in [-0.4, -0.2) is 59.3 Å². The Morgan fingerprint density at radius 3 is 2.61 bits per heavy atom. The average Bonchev–Trinajstić information content (AvgIpc) is 3.45. The molecule has 3 aromatic rings. The number of hydrogen-bond acceptors (Lipinski definition) is 6. The van der Waals surface area contributed by atoms with E-state index in [0.717, 1.165) is 72.4 Å². The summed E-state index contributed by atoms with van der Waals surface area (Å²) in [6, 6.07) is 20.3. The summed E-state index contributed by atoms with van der Waals surface area (Å²) in [5, 5.41) is 5.14. The van der Waals surface area contributed by atoms with Crippen molar-refractivity contribution in [2.24, 2.45) is 0 Å². The summed E-state index contributed by atoms with van der Waals surface area (Å²) in [5.74, 6) is 0.905. The fraction of sp³-hybridized carbons (Fsp3) is 0.360. The van der Waals surface area contributed by atoms with Gasteiger partial charge < -0.3 is 19.4 Å². The second-order valence-electron chi connectivity index (χ2n) is 8.20. The van der Waals surface area contributed by atoms with Gasteiger partial charge in [0.15, 0.2) is 10.2 Å². The molecule has 2 unspecified atom stereocenters. The van der Waals surface area contributed by atoms with Gasteiger partial charge in [-0.25, -0.2) is 0 Å². The quantitative estimate of drug-likeness (QED) is 0.473. The Morgan fingerprint density at radius 1 is 1.00 bits per heavy atom. The minimum Gasteiger partial charge on any atom is -0.452 e. The zero-order valence-corrected chi connectivity index (χ0v) is 20.1. The Labute approximate surface area is 204 Å². The van der Waals surface area contributed by atoms with Crippen LogP contribution in [0.4, 0.5) is 0 Å². The number of hydrogen-bond donors (Lipinski definition) is 1. The number of aromatic nitrogens is 1. The second-order valence-corrected chi connectivity index (χ2v) is 9.66. The molecule has 2 aliphatic heterocycles. The largest absolute Gasteiger partial charge is 0.452 e. The van der Waals surface area contributed by atoms with Gasteiger partial charge in [0.1, 0.15) is 11.8 Å². The number of rotatable bonds is 8. The van der Waals surface area contributed by atoms with Crippen molar-refractivity contribution in [1.82, 2.24) is 20.1 Å². The van der Waals surface area contributed by atoms with Crippen LogP contribution in [0.2, 0.25) is 0 Å². The molecule has 4 heterocycles. The highest BCUT2D eigenvalue weighted by atomic mass is 32.2. The van der Waals surface area contributed by atoms with Crippen LogP contribution in [0.5, 0.6) is 0 Å². The molecule has 2 fully saturated rings. The van der Waals surface area contributed by atoms with Crippen LogP contribution >= 0.6 is 24.0 Å². The van der Waals surface area contributed by atoms with Gasteiger partial charge in [-0.3, -0.25) is 9.88 Å². The summed E-state index contributed by atoms with van der Waals surface area (Å²) in [7, 11) is 0. The van der Waals surface area contributed by atoms with Crippen molar-refractivity contribution in [2.75, 3.05) is 39.4 Å². The number of thiocarbonyl (C=S) groups is 1. The maximum absolute atomic E-state index is 6.37. The van der Waals surface area contributed by atoms with Gasteiger partial charge in [-0.05, 0) is 55.0 Å². The molecule has 8 heteroatoms. The molecule has 6 nitrogen and oxygen atoms in total. The standard InChI is InChI=1S/C25H28N4O2S2/c32-25-27-23(20-9-4-5-12-26-20)24(29(25)14-6-13-28-15-17-30-18-16-28)21-10-11-22(31-21)33-19-7-2-1-3-8-19/h1-5,7-12,23-24H,6,13-18H2,(H,27,32). The minimum atomic E-state index is -0.0530. The Kier molecular flexibility index (Phi) is 7.26. The number of nitrogens with zero attached hydrogens (tertiary/aromatic N) is 3. The van der Waals surface area contributed by atoms with Gasteiger partial charge in [-0.15, -0.1) is 0 Å². The predicted molar refractivity (Wildman–Crippen MR) is 133 cm³/mol. The van der Waals surface area contributed by atoms with Crippen LogP contribution in [0.25, 0.3) is 0 Å². The molecule has 0 aliphatic carbocycles. The van der Waals surface area contributed by atoms with E-state index in [4.69, 9.17) is 21.4 Å². The molecule has 172 valence electrons. The van der Waals surface area contributed by atoms with Crippen molar-refractivity contribution in [3.63, 3.8) is 0 Å². The van der Waals surface area contributed by atoms with E-state index in [0.29, 0.717) is 0 Å². The van der Waals surface area contributed by atoms with Gasteiger partial charge in [0.05, 0.1) is 24.9 Å². The second kappa shape index (κ2) is 10.7. The Bertz CT molecular complexity index is 1040. The third-order valence-corrected chi connectivity index (χ3v) is 7.31. The van der Waals surface area contributed by atoms with Crippen LogP contribution in [0, 0.1) is 0 Å². The first kappa shape index (κ1) is 22.4. The molecule has 2 atom stereocenters. The average molecular weight is 481 g/mol. The lowest BCUT2D eigenvalue weighted by atomic mass is 10.0. The molecule has 2 aliphatic rings. The highest BCUT2D eigenvalue weighted by molar-refractivity contribution is 7.99. The van der Waals surface area contributed by atoms with E-state index in [9.17, 15) is 0 Å². The van der Waals surface area contributed by atoms with Crippen LogP contribution in [0.15, 0.2) is 81.3 Å². The van der Waals surface area contributed by atoms with Gasteiger partial charge >= 0.3 is 0 Å². The molecule has 0 bridgehead atoms. The summed E-state index contributed by atoms with van der Waals surface area (Å²) >= 11 is 7.41. The smallest absolute Gasteiger partial charge is 0.170 e. The number of morpholine rings is 1. The number of furan rings is 1. The molecule has 5 rings (SSSR count). The fourth-order valence-corrected chi connectivity index (χ4v) is 5.53. The number of pyridine rings is 1. The lowest BCUT2D eigenvalue weighted by molar-refractivity contribution is 0.0365. The van der Waals surface area contributed by atoms with Crippen molar-refractivity contribution >= 4 is 29.1 Å². The zero-order valence-electron chi connectivity index (χ0n) is 18.4. The van der Waals surface area contributed by atoms with E-state index < -0.39 is 0 Å². The number of nitrogens with one attached hydrogen (secondary N) is 1. The molecular weight excluding hydrogens is 452 g/mol. The summed E-state index contributed by atoms with van der Waals surface area (Å²) in [4.78, 5) is 10.5. The molecule has 2 aromatic heterocycles. The van der Waals surface area contributed by atoms with Gasteiger partial charge in [-0.1, -0.05) is 36.0 Å². The van der Waals surface area contributed by atoms with E-state index in [1.165, 1.54) is 0 Å². The number of ether oxygens (including phenoxy) is 1. The lowest BCUT2D eigenvalue weighted by Gasteiger charge is -2.29. The minimum absolute atomic E-state index is 0.0396. The van der Waals surface area contributed by atoms with Gasteiger partial charge in [-0.2, -0.15) is 0 Å². The van der Waals surface area contributed by atoms with Crippen LogP contribution < -0.4 is 5.32 Å². The van der Waals surface area contributed by atoms with Crippen molar-refractivity contribution in [1.29, 1.82) is 0 Å². The summed E-state index contributed by atoms with van der Waals surface area (Å²) in [5.41, 5.74) is 0.967. The van der Waals surface area contributed by atoms with Crippen molar-refractivity contribution < 1.29 is 9.15 Å². The van der Waals surface area contributed by atoms with Crippen molar-refractivity contribution in [2.45, 2.75) is 28.5 Å². The fourth-order valence-electron chi connectivity index (χ4n) is 4.40. The van der Waals surface area contributed by atoms with Gasteiger partial charge in [0, 0.05) is 37.3 Å². The first-order valence-corrected chi connectivity index (χ1v) is 12.6. The van der Waals surface area contributed by atoms with Crippen LogP contribution in [0.1, 0.15) is 30.0 Å². The molecule has 0 amide bonds. The molecule has 33 heavy (non-hydrogen) atoms. The maximum Gasteiger partial charge on any atom is 0.170 e. The van der Waals surface area contributed by atoms with Crippen molar-refractivity contribution in [3.8, 4) is 0 Å². The Hall–Kier alpha value is -2.39. The first-order valence-electron chi connectivity index (χ1n) is 11.4. The number of benzene rings is 1. The van der Waals surface area contributed by atoms with Gasteiger partial charge in [0.25, 0.3) is 0 Å². The zero-order chi connectivity index (χ0) is 22.5. The maximum atomic E-state index is 6.37. The molecule has 1 N–H and O–H groups in total. The summed E-state index contributed by atoms with van der Waals surface area (Å²) < 4.78 is 11.8. The third kappa shape index (κ3) is 5.41. The summed E-state index contributed by atoms with van der Waals surface area (Å²) in [6.07, 6.45) is 2.86. The third-order valence-electron chi connectivity index (χ3n) is 6.03. The first-order chi connectivity index (χ1) is 16.3. The van der Waals surface area contributed by atoms with Crippen molar-refractivity contribution in [3.05, 3.63) is 78.3 Å². The highest BCUT2D eigenvalue weighted by Crippen LogP contribution is 2.41. The lowest BCUT2D eigenvalue weighted by Crippen LogP contribution is -2.38. The van der Waals surface area contributed by atoms with Crippen LogP contribution in [0.3, 0.4) is 0 Å². The molecule has 1 aromatic carbocycles. The van der Waals surface area contributed by atoms with Crippen LogP contribution in [-0.2, 0) is 4.74 Å². The molecule has 0 radical (unpaired) electrons. The SMILES string of the molecule is S=C1NC(c2ccccn2)C(c2ccc(Sc3ccccc3)o2)N1CCCN1CCOCC1. The monoisotopic (exact) mass is 480 g/mol. The molecule has 0 spiro atoms. The summed E-state index contributed by atoms with van der Waals surface area (Å²) in [6.45, 7) is 5.54. The predicted octanol–water partition coefficient (Wildman–Crippen LogP) is 4.52. The van der Waals surface area contributed by atoms with E-state index in [1.54, 1.807) is 11.8 Å². The molecular formula is C25H28N4O2S2. The molecule has 0 saturated carbocycles. The highest BCUT2D eigenvalue weighted by Gasteiger charge is 2.41. The van der Waals surface area contributed by atoms with Gasteiger partial charge in [0.2, 0.25) is 0 Å². The Morgan fingerprint density at radius 2 is 1.82 bits per heavy atom. The molecule has 2 saturated heterocycles. The van der Waals surface area contributed by atoms with E-state index in [-0.39, 0.29) is 12.1 Å². The topological polar surface area (TPSA) is 53.8 Å². The van der Waals surface area contributed by atoms with E-state index in [1.807, 2.05) is 42.6 Å². The van der Waals surface area contributed by atoms with E-state index >= 15 is 0 Å². The van der Waals surface area contributed by atoms with E-state index in [2.05, 4.69) is 44.4 Å². The normalized spacial score (nSPS) is 21.3.